The summed E-state index contributed by atoms with van der Waals surface area (Å²) in [6.45, 7) is 0.534. The molecule has 0 saturated heterocycles. The van der Waals surface area contributed by atoms with Gasteiger partial charge in [-0.1, -0.05) is 6.42 Å². The van der Waals surface area contributed by atoms with Crippen molar-refractivity contribution in [3.63, 3.8) is 0 Å². The third kappa shape index (κ3) is 2.54. The van der Waals surface area contributed by atoms with E-state index in [1.165, 1.54) is 13.5 Å². The number of carbonyl (C=O) groups excluding carboxylic acids is 2. The Hall–Kier alpha value is -1.06. The molecule has 90 valence electrons. The minimum absolute atomic E-state index is 0.230. The average molecular weight is 225 g/mol. The lowest BCUT2D eigenvalue weighted by molar-refractivity contribution is -0.143. The van der Waals surface area contributed by atoms with Crippen LogP contribution in [0.3, 0.4) is 0 Å². The second-order valence-electron chi connectivity index (χ2n) is 4.72. The first-order chi connectivity index (χ1) is 7.72. The fraction of sp³-hybridized carbons (Fsp3) is 0.833. The van der Waals surface area contributed by atoms with Gasteiger partial charge < -0.3 is 9.64 Å². The van der Waals surface area contributed by atoms with E-state index >= 15 is 0 Å². The molecule has 0 N–H and O–H groups in total. The summed E-state index contributed by atoms with van der Waals surface area (Å²) >= 11 is 0. The van der Waals surface area contributed by atoms with Gasteiger partial charge in [-0.15, -0.1) is 0 Å². The zero-order chi connectivity index (χ0) is 11.5. The van der Waals surface area contributed by atoms with Crippen molar-refractivity contribution in [1.29, 1.82) is 0 Å². The molecule has 4 nitrogen and oxygen atoms in total. The second-order valence-corrected chi connectivity index (χ2v) is 4.72. The molecule has 0 aromatic rings. The zero-order valence-corrected chi connectivity index (χ0v) is 9.78. The van der Waals surface area contributed by atoms with Gasteiger partial charge >= 0.3 is 5.97 Å². The summed E-state index contributed by atoms with van der Waals surface area (Å²) in [5.41, 5.74) is 0. The van der Waals surface area contributed by atoms with Crippen LogP contribution in [0, 0.1) is 5.92 Å². The number of rotatable bonds is 5. The maximum absolute atomic E-state index is 12.1. The van der Waals surface area contributed by atoms with E-state index < -0.39 is 0 Å². The molecule has 4 heteroatoms. The highest BCUT2D eigenvalue weighted by Crippen LogP contribution is 2.33. The van der Waals surface area contributed by atoms with Crippen LogP contribution in [0.1, 0.15) is 38.5 Å². The van der Waals surface area contributed by atoms with Crippen LogP contribution in [-0.4, -0.2) is 36.5 Å². The number of amides is 1. The van der Waals surface area contributed by atoms with Gasteiger partial charge in [-0.3, -0.25) is 9.59 Å². The Morgan fingerprint density at radius 1 is 1.25 bits per heavy atom. The van der Waals surface area contributed by atoms with E-state index in [2.05, 4.69) is 4.74 Å². The highest BCUT2D eigenvalue weighted by molar-refractivity contribution is 5.81. The van der Waals surface area contributed by atoms with Gasteiger partial charge in [0.25, 0.3) is 0 Å². The van der Waals surface area contributed by atoms with Crippen LogP contribution in [0.15, 0.2) is 0 Å². The van der Waals surface area contributed by atoms with Gasteiger partial charge in [0.15, 0.2) is 0 Å². The van der Waals surface area contributed by atoms with E-state index in [0.717, 1.165) is 25.7 Å². The Balaban J connectivity index is 1.84. The Morgan fingerprint density at radius 3 is 2.38 bits per heavy atom. The molecule has 2 aliphatic rings. The maximum Gasteiger partial charge on any atom is 0.307 e. The molecule has 0 atom stereocenters. The van der Waals surface area contributed by atoms with Crippen molar-refractivity contribution in [2.24, 2.45) is 5.92 Å². The van der Waals surface area contributed by atoms with Crippen molar-refractivity contribution in [1.82, 2.24) is 4.90 Å². The van der Waals surface area contributed by atoms with Gasteiger partial charge in [-0.05, 0) is 25.7 Å². The molecule has 0 radical (unpaired) electrons. The highest BCUT2D eigenvalue weighted by atomic mass is 16.5. The second kappa shape index (κ2) is 4.85. The van der Waals surface area contributed by atoms with Crippen LogP contribution in [0.2, 0.25) is 0 Å². The lowest BCUT2D eigenvalue weighted by Gasteiger charge is -2.31. The van der Waals surface area contributed by atoms with Gasteiger partial charge in [-0.25, -0.2) is 0 Å². The first-order valence-electron chi connectivity index (χ1n) is 6.09. The van der Waals surface area contributed by atoms with Crippen LogP contribution in [-0.2, 0) is 14.3 Å². The van der Waals surface area contributed by atoms with Crippen molar-refractivity contribution in [3.8, 4) is 0 Å². The molecule has 2 aliphatic carbocycles. The molecule has 16 heavy (non-hydrogen) atoms. The molecular weight excluding hydrogens is 206 g/mol. The number of hydrogen-bond acceptors (Lipinski definition) is 3. The lowest BCUT2D eigenvalue weighted by atomic mass is 9.84. The zero-order valence-electron chi connectivity index (χ0n) is 9.78. The standard InChI is InChI=1S/C12H19NO3/c1-16-11(14)7-8-13(10-5-6-10)12(15)9-3-2-4-9/h9-10H,2-8H2,1H3. The maximum atomic E-state index is 12.1. The van der Waals surface area contributed by atoms with Crippen molar-refractivity contribution in [2.75, 3.05) is 13.7 Å². The molecule has 1 amide bonds. The van der Waals surface area contributed by atoms with Crippen LogP contribution in [0.4, 0.5) is 0 Å². The van der Waals surface area contributed by atoms with Crippen molar-refractivity contribution in [2.45, 2.75) is 44.6 Å². The number of carbonyl (C=O) groups is 2. The van der Waals surface area contributed by atoms with Crippen LogP contribution < -0.4 is 0 Å². The predicted molar refractivity (Wildman–Crippen MR) is 58.7 cm³/mol. The third-order valence-electron chi connectivity index (χ3n) is 3.51. The topological polar surface area (TPSA) is 46.6 Å². The van der Waals surface area contributed by atoms with E-state index in [-0.39, 0.29) is 17.8 Å². The molecule has 2 saturated carbocycles. The van der Waals surface area contributed by atoms with Crippen molar-refractivity contribution < 1.29 is 14.3 Å². The largest absolute Gasteiger partial charge is 0.469 e. The average Bonchev–Trinajstić information content (AvgIpc) is 2.99. The molecule has 0 aromatic heterocycles. The predicted octanol–water partition coefficient (Wildman–Crippen LogP) is 1.34. The summed E-state index contributed by atoms with van der Waals surface area (Å²) in [5, 5.41) is 0. The SMILES string of the molecule is COC(=O)CCN(C(=O)C1CCC1)C1CC1. The number of nitrogens with zero attached hydrogens (tertiary/aromatic N) is 1. The molecule has 0 aliphatic heterocycles. The van der Waals surface area contributed by atoms with Crippen molar-refractivity contribution >= 4 is 11.9 Å². The molecule has 0 spiro atoms. The highest BCUT2D eigenvalue weighted by Gasteiger charge is 2.37. The minimum Gasteiger partial charge on any atom is -0.469 e. The summed E-state index contributed by atoms with van der Waals surface area (Å²) in [6, 6.07) is 0.401. The van der Waals surface area contributed by atoms with Crippen molar-refractivity contribution in [3.05, 3.63) is 0 Å². The van der Waals surface area contributed by atoms with E-state index in [1.807, 2.05) is 4.90 Å². The summed E-state index contributed by atoms with van der Waals surface area (Å²) < 4.78 is 4.60. The first-order valence-corrected chi connectivity index (χ1v) is 6.09. The minimum atomic E-state index is -0.230. The molecular formula is C12H19NO3. The molecule has 0 heterocycles. The third-order valence-corrected chi connectivity index (χ3v) is 3.51. The van der Waals surface area contributed by atoms with Gasteiger partial charge in [0, 0.05) is 18.5 Å². The Morgan fingerprint density at radius 2 is 1.94 bits per heavy atom. The van der Waals surface area contributed by atoms with Gasteiger partial charge in [0.1, 0.15) is 0 Å². The van der Waals surface area contributed by atoms with Crippen LogP contribution >= 0.6 is 0 Å². The summed E-state index contributed by atoms with van der Waals surface area (Å²) in [4.78, 5) is 25.1. The summed E-state index contributed by atoms with van der Waals surface area (Å²) in [6.07, 6.45) is 5.75. The van der Waals surface area contributed by atoms with Gasteiger partial charge in [0.2, 0.25) is 5.91 Å². The number of ether oxygens (including phenoxy) is 1. The van der Waals surface area contributed by atoms with E-state index in [4.69, 9.17) is 0 Å². The number of methoxy groups -OCH3 is 1. The van der Waals surface area contributed by atoms with E-state index in [0.29, 0.717) is 19.0 Å². The molecule has 0 bridgehead atoms. The Kier molecular flexibility index (Phi) is 3.46. The van der Waals surface area contributed by atoms with Gasteiger partial charge in [0.05, 0.1) is 13.5 Å². The van der Waals surface area contributed by atoms with Crippen LogP contribution in [0.5, 0.6) is 0 Å². The summed E-state index contributed by atoms with van der Waals surface area (Å²) in [5.74, 6) is 0.267. The number of esters is 1. The lowest BCUT2D eigenvalue weighted by Crippen LogP contribution is -2.41. The van der Waals surface area contributed by atoms with Gasteiger partial charge in [-0.2, -0.15) is 0 Å². The fourth-order valence-electron chi connectivity index (χ4n) is 2.06. The monoisotopic (exact) mass is 225 g/mol. The molecule has 0 aromatic carbocycles. The van der Waals surface area contributed by atoms with E-state index in [9.17, 15) is 9.59 Å². The number of hydrogen-bond donors (Lipinski definition) is 0. The normalized spacial score (nSPS) is 20.1. The van der Waals surface area contributed by atoms with Crippen LogP contribution in [0.25, 0.3) is 0 Å². The fourth-order valence-corrected chi connectivity index (χ4v) is 2.06. The van der Waals surface area contributed by atoms with E-state index in [1.54, 1.807) is 0 Å². The molecule has 0 unspecified atom stereocenters. The first kappa shape index (κ1) is 11.4. The quantitative estimate of drug-likeness (QED) is 0.663. The Bertz CT molecular complexity index is 282. The molecule has 2 fully saturated rings. The molecule has 2 rings (SSSR count). The summed E-state index contributed by atoms with van der Waals surface area (Å²) in [7, 11) is 1.39. The smallest absolute Gasteiger partial charge is 0.307 e. The Labute approximate surface area is 95.9 Å².